The highest BCUT2D eigenvalue weighted by atomic mass is 14.7. The van der Waals surface area contributed by atoms with Crippen LogP contribution in [0.5, 0.6) is 0 Å². The third kappa shape index (κ3) is 2.40. The Morgan fingerprint density at radius 2 is 2.27 bits per heavy atom. The number of benzene rings is 1. The Kier molecular flexibility index (Phi) is 2.79. The number of hydrogen-bond acceptors (Lipinski definition) is 1. The maximum atomic E-state index is 6.09. The molecule has 1 unspecified atom stereocenters. The van der Waals surface area contributed by atoms with Gasteiger partial charge in [-0.15, -0.1) is 6.42 Å². The predicted octanol–water partition coefficient (Wildman–Crippen LogP) is 2.26. The highest BCUT2D eigenvalue weighted by Crippen LogP contribution is 2.32. The SMILES string of the molecule is C#Cc1cc(CC(N)C2CC2)ccc1C. The van der Waals surface area contributed by atoms with E-state index < -0.39 is 0 Å². The van der Waals surface area contributed by atoms with E-state index in [0.29, 0.717) is 6.04 Å². The summed E-state index contributed by atoms with van der Waals surface area (Å²) < 4.78 is 0. The molecule has 0 radical (unpaired) electrons. The van der Waals surface area contributed by atoms with Gasteiger partial charge in [-0.2, -0.15) is 0 Å². The third-order valence-corrected chi connectivity index (χ3v) is 3.16. The second-order valence-electron chi connectivity index (χ2n) is 4.50. The van der Waals surface area contributed by atoms with Gasteiger partial charge in [-0.05, 0) is 49.3 Å². The van der Waals surface area contributed by atoms with E-state index in [1.54, 1.807) is 0 Å². The van der Waals surface area contributed by atoms with Gasteiger partial charge in [-0.1, -0.05) is 18.1 Å². The minimum Gasteiger partial charge on any atom is -0.327 e. The van der Waals surface area contributed by atoms with E-state index in [0.717, 1.165) is 17.9 Å². The van der Waals surface area contributed by atoms with Gasteiger partial charge in [0, 0.05) is 11.6 Å². The van der Waals surface area contributed by atoms with Crippen LogP contribution in [0.1, 0.15) is 29.5 Å². The Labute approximate surface area is 91.7 Å². The monoisotopic (exact) mass is 199 g/mol. The molecule has 1 aliphatic carbocycles. The van der Waals surface area contributed by atoms with Crippen LogP contribution in [0.2, 0.25) is 0 Å². The summed E-state index contributed by atoms with van der Waals surface area (Å²) in [5.74, 6) is 3.46. The Bertz CT molecular complexity index is 396. The Balaban J connectivity index is 2.11. The summed E-state index contributed by atoms with van der Waals surface area (Å²) >= 11 is 0. The molecule has 0 spiro atoms. The molecule has 15 heavy (non-hydrogen) atoms. The molecular weight excluding hydrogens is 182 g/mol. The fourth-order valence-corrected chi connectivity index (χ4v) is 1.91. The van der Waals surface area contributed by atoms with Crippen molar-refractivity contribution in [1.82, 2.24) is 0 Å². The molecule has 0 amide bonds. The summed E-state index contributed by atoms with van der Waals surface area (Å²) in [7, 11) is 0. The summed E-state index contributed by atoms with van der Waals surface area (Å²) in [4.78, 5) is 0. The zero-order valence-electron chi connectivity index (χ0n) is 9.16. The van der Waals surface area contributed by atoms with Crippen molar-refractivity contribution in [3.8, 4) is 12.3 Å². The van der Waals surface area contributed by atoms with Crippen LogP contribution >= 0.6 is 0 Å². The van der Waals surface area contributed by atoms with Crippen molar-refractivity contribution in [2.45, 2.75) is 32.2 Å². The lowest BCUT2D eigenvalue weighted by Gasteiger charge is -2.11. The number of rotatable bonds is 3. The standard InChI is InChI=1S/C14H17N/c1-3-12-8-11(5-4-10(12)2)9-14(15)13-6-7-13/h1,4-5,8,13-14H,6-7,9,15H2,2H3. The molecule has 1 heteroatoms. The normalized spacial score (nSPS) is 17.1. The highest BCUT2D eigenvalue weighted by Gasteiger charge is 2.28. The first-order chi connectivity index (χ1) is 7.20. The largest absolute Gasteiger partial charge is 0.327 e. The van der Waals surface area contributed by atoms with Crippen LogP contribution in [0.4, 0.5) is 0 Å². The molecule has 1 saturated carbocycles. The fourth-order valence-electron chi connectivity index (χ4n) is 1.91. The molecule has 1 fully saturated rings. The van der Waals surface area contributed by atoms with Crippen molar-refractivity contribution in [3.63, 3.8) is 0 Å². The van der Waals surface area contributed by atoms with Crippen molar-refractivity contribution in [2.75, 3.05) is 0 Å². The van der Waals surface area contributed by atoms with Gasteiger partial charge < -0.3 is 5.73 Å². The molecule has 1 aromatic rings. The first-order valence-electron chi connectivity index (χ1n) is 5.52. The van der Waals surface area contributed by atoms with E-state index in [1.807, 2.05) is 6.92 Å². The predicted molar refractivity (Wildman–Crippen MR) is 63.5 cm³/mol. The van der Waals surface area contributed by atoms with Crippen molar-refractivity contribution >= 4 is 0 Å². The van der Waals surface area contributed by atoms with Crippen LogP contribution in [0.25, 0.3) is 0 Å². The molecule has 78 valence electrons. The maximum Gasteiger partial charge on any atom is 0.0274 e. The molecule has 2 N–H and O–H groups in total. The lowest BCUT2D eigenvalue weighted by atomic mass is 9.99. The Hall–Kier alpha value is -1.26. The molecule has 0 aliphatic heterocycles. The van der Waals surface area contributed by atoms with Gasteiger partial charge in [0.15, 0.2) is 0 Å². The van der Waals surface area contributed by atoms with Crippen molar-refractivity contribution in [1.29, 1.82) is 0 Å². The summed E-state index contributed by atoms with van der Waals surface area (Å²) in [6.45, 7) is 2.04. The first-order valence-corrected chi connectivity index (χ1v) is 5.52. The number of nitrogens with two attached hydrogens (primary N) is 1. The summed E-state index contributed by atoms with van der Waals surface area (Å²) in [6.07, 6.45) is 9.00. The second-order valence-corrected chi connectivity index (χ2v) is 4.50. The third-order valence-electron chi connectivity index (χ3n) is 3.16. The van der Waals surface area contributed by atoms with Crippen molar-refractivity contribution < 1.29 is 0 Å². The van der Waals surface area contributed by atoms with Gasteiger partial charge >= 0.3 is 0 Å². The lowest BCUT2D eigenvalue weighted by Crippen LogP contribution is -2.25. The van der Waals surface area contributed by atoms with E-state index in [4.69, 9.17) is 12.2 Å². The zero-order chi connectivity index (χ0) is 10.8. The van der Waals surface area contributed by atoms with Crippen LogP contribution in [0.15, 0.2) is 18.2 Å². The summed E-state index contributed by atoms with van der Waals surface area (Å²) in [5, 5.41) is 0. The van der Waals surface area contributed by atoms with Crippen LogP contribution in [0, 0.1) is 25.2 Å². The van der Waals surface area contributed by atoms with Crippen molar-refractivity contribution in [3.05, 3.63) is 34.9 Å². The molecule has 1 nitrogen and oxygen atoms in total. The van der Waals surface area contributed by atoms with Gasteiger partial charge in [-0.3, -0.25) is 0 Å². The van der Waals surface area contributed by atoms with Gasteiger partial charge in [0.05, 0.1) is 0 Å². The van der Waals surface area contributed by atoms with Gasteiger partial charge in [-0.25, -0.2) is 0 Å². The highest BCUT2D eigenvalue weighted by molar-refractivity contribution is 5.42. The van der Waals surface area contributed by atoms with Gasteiger partial charge in [0.25, 0.3) is 0 Å². The number of terminal acetylenes is 1. The topological polar surface area (TPSA) is 26.0 Å². The number of hydrogen-bond donors (Lipinski definition) is 1. The molecule has 2 rings (SSSR count). The maximum absolute atomic E-state index is 6.09. The van der Waals surface area contributed by atoms with Crippen LogP contribution < -0.4 is 5.73 Å². The van der Waals surface area contributed by atoms with E-state index in [2.05, 4.69) is 24.1 Å². The van der Waals surface area contributed by atoms with E-state index >= 15 is 0 Å². The summed E-state index contributed by atoms with van der Waals surface area (Å²) in [5.41, 5.74) is 9.52. The first kappa shape index (κ1) is 10.3. The summed E-state index contributed by atoms with van der Waals surface area (Å²) in [6, 6.07) is 6.64. The van der Waals surface area contributed by atoms with Crippen molar-refractivity contribution in [2.24, 2.45) is 11.7 Å². The fraction of sp³-hybridized carbons (Fsp3) is 0.429. The minimum absolute atomic E-state index is 0.318. The van der Waals surface area contributed by atoms with Crippen LogP contribution in [0.3, 0.4) is 0 Å². The van der Waals surface area contributed by atoms with Gasteiger partial charge in [0.1, 0.15) is 0 Å². The average Bonchev–Trinajstić information content (AvgIpc) is 3.04. The van der Waals surface area contributed by atoms with Crippen LogP contribution in [-0.2, 0) is 6.42 Å². The molecule has 1 atom stereocenters. The molecular formula is C14H17N. The Morgan fingerprint density at radius 1 is 1.53 bits per heavy atom. The van der Waals surface area contributed by atoms with E-state index in [1.165, 1.54) is 24.0 Å². The quantitative estimate of drug-likeness (QED) is 0.742. The minimum atomic E-state index is 0.318. The molecule has 1 aliphatic rings. The van der Waals surface area contributed by atoms with E-state index in [9.17, 15) is 0 Å². The van der Waals surface area contributed by atoms with Crippen LogP contribution in [-0.4, -0.2) is 6.04 Å². The molecule has 1 aromatic carbocycles. The lowest BCUT2D eigenvalue weighted by molar-refractivity contribution is 0.591. The second kappa shape index (κ2) is 4.08. The molecule has 0 aromatic heterocycles. The van der Waals surface area contributed by atoms with Gasteiger partial charge in [0.2, 0.25) is 0 Å². The van der Waals surface area contributed by atoms with E-state index in [-0.39, 0.29) is 0 Å². The number of aryl methyl sites for hydroxylation is 1. The zero-order valence-corrected chi connectivity index (χ0v) is 9.16. The molecule has 0 bridgehead atoms. The molecule has 0 saturated heterocycles. The Morgan fingerprint density at radius 3 is 2.87 bits per heavy atom. The molecule has 0 heterocycles. The smallest absolute Gasteiger partial charge is 0.0274 e. The average molecular weight is 199 g/mol.